The first-order valence-electron chi connectivity index (χ1n) is 8.65. The molecule has 0 aliphatic heterocycles. The molecule has 2 N–H and O–H groups in total. The third-order valence-electron chi connectivity index (χ3n) is 6.69. The van der Waals surface area contributed by atoms with Gasteiger partial charge in [-0.1, -0.05) is 6.42 Å². The largest absolute Gasteiger partial charge is 0.481 e. The van der Waals surface area contributed by atoms with Gasteiger partial charge in [0, 0.05) is 12.0 Å². The molecular formula is C17H25NO3. The average molecular weight is 291 g/mol. The molecule has 5 saturated carbocycles. The summed E-state index contributed by atoms with van der Waals surface area (Å²) in [7, 11) is 0. The molecule has 0 saturated heterocycles. The maximum Gasteiger partial charge on any atom is 0.308 e. The van der Waals surface area contributed by atoms with Gasteiger partial charge in [0.1, 0.15) is 0 Å². The Morgan fingerprint density at radius 3 is 2.10 bits per heavy atom. The van der Waals surface area contributed by atoms with Crippen LogP contribution in [0.5, 0.6) is 0 Å². The first kappa shape index (κ1) is 13.6. The zero-order valence-electron chi connectivity index (χ0n) is 12.5. The Kier molecular flexibility index (Phi) is 3.23. The lowest BCUT2D eigenvalue weighted by atomic mass is 9.51. The van der Waals surface area contributed by atoms with Crippen LogP contribution in [-0.2, 0) is 9.59 Å². The van der Waals surface area contributed by atoms with E-state index in [0.29, 0.717) is 18.3 Å². The summed E-state index contributed by atoms with van der Waals surface area (Å²) in [6.07, 6.45) is 8.79. The lowest BCUT2D eigenvalue weighted by molar-refractivity contribution is -0.143. The molecule has 21 heavy (non-hydrogen) atoms. The minimum Gasteiger partial charge on any atom is -0.481 e. The van der Waals surface area contributed by atoms with Crippen LogP contribution in [0, 0.1) is 35.5 Å². The predicted molar refractivity (Wildman–Crippen MR) is 77.4 cm³/mol. The lowest BCUT2D eigenvalue weighted by Gasteiger charge is -2.53. The van der Waals surface area contributed by atoms with Crippen LogP contribution in [-0.4, -0.2) is 23.0 Å². The fourth-order valence-corrected chi connectivity index (χ4v) is 6.06. The topological polar surface area (TPSA) is 66.4 Å². The van der Waals surface area contributed by atoms with E-state index in [-0.39, 0.29) is 23.8 Å². The van der Waals surface area contributed by atoms with Crippen LogP contribution in [0.1, 0.15) is 51.4 Å². The Morgan fingerprint density at radius 2 is 1.52 bits per heavy atom. The predicted octanol–water partition coefficient (Wildman–Crippen LogP) is 2.43. The van der Waals surface area contributed by atoms with Gasteiger partial charge in [-0.3, -0.25) is 9.59 Å². The maximum absolute atomic E-state index is 12.8. The molecule has 5 aliphatic rings. The molecule has 5 rings (SSSR count). The Balaban J connectivity index is 1.44. The number of hydrogen-bond donors (Lipinski definition) is 2. The van der Waals surface area contributed by atoms with Crippen LogP contribution in [0.2, 0.25) is 0 Å². The number of amides is 1. The number of carboxylic acids is 1. The number of carboxylic acid groups (broad SMARTS) is 1. The smallest absolute Gasteiger partial charge is 0.308 e. The Bertz CT molecular complexity index is 433. The standard InChI is InChI=1S/C17H25NO3/c19-16(18-14-3-1-2-13(14)17(20)21)15-11-5-9-4-10(7-11)8-12(15)6-9/h9-15H,1-8H2,(H,18,19)(H,20,21). The van der Waals surface area contributed by atoms with Crippen LogP contribution in [0.25, 0.3) is 0 Å². The molecule has 2 unspecified atom stereocenters. The highest BCUT2D eigenvalue weighted by molar-refractivity contribution is 5.81. The van der Waals surface area contributed by atoms with Crippen LogP contribution in [0.15, 0.2) is 0 Å². The highest BCUT2D eigenvalue weighted by Crippen LogP contribution is 2.56. The van der Waals surface area contributed by atoms with E-state index in [1.54, 1.807) is 0 Å². The molecule has 4 heteroatoms. The summed E-state index contributed by atoms with van der Waals surface area (Å²) in [5.41, 5.74) is 0. The molecule has 0 radical (unpaired) electrons. The summed E-state index contributed by atoms with van der Waals surface area (Å²) >= 11 is 0. The van der Waals surface area contributed by atoms with Gasteiger partial charge in [-0.2, -0.15) is 0 Å². The van der Waals surface area contributed by atoms with Crippen molar-refractivity contribution in [3.8, 4) is 0 Å². The first-order chi connectivity index (χ1) is 10.1. The third kappa shape index (κ3) is 2.27. The Labute approximate surface area is 125 Å². The molecule has 1 amide bonds. The van der Waals surface area contributed by atoms with Crippen molar-refractivity contribution in [2.45, 2.75) is 57.4 Å². The second-order valence-corrected chi connectivity index (χ2v) is 7.95. The van der Waals surface area contributed by atoms with E-state index in [0.717, 1.165) is 24.7 Å². The van der Waals surface area contributed by atoms with Crippen molar-refractivity contribution in [1.82, 2.24) is 5.32 Å². The molecule has 5 aliphatic carbocycles. The van der Waals surface area contributed by atoms with Crippen molar-refractivity contribution in [3.63, 3.8) is 0 Å². The molecule has 0 heterocycles. The first-order valence-corrected chi connectivity index (χ1v) is 8.65. The quantitative estimate of drug-likeness (QED) is 0.839. The molecule has 0 aromatic carbocycles. The van der Waals surface area contributed by atoms with Crippen molar-refractivity contribution < 1.29 is 14.7 Å². The molecule has 0 spiro atoms. The number of aliphatic carboxylic acids is 1. The number of nitrogens with one attached hydrogen (secondary N) is 1. The molecule has 2 atom stereocenters. The summed E-state index contributed by atoms with van der Waals surface area (Å²) in [6.45, 7) is 0. The summed E-state index contributed by atoms with van der Waals surface area (Å²) in [5.74, 6) is 2.12. The van der Waals surface area contributed by atoms with Crippen molar-refractivity contribution in [2.24, 2.45) is 35.5 Å². The van der Waals surface area contributed by atoms with Gasteiger partial charge in [0.05, 0.1) is 5.92 Å². The van der Waals surface area contributed by atoms with Crippen molar-refractivity contribution in [3.05, 3.63) is 0 Å². The van der Waals surface area contributed by atoms with Crippen molar-refractivity contribution >= 4 is 11.9 Å². The minimum atomic E-state index is -0.747. The number of rotatable bonds is 3. The second-order valence-electron chi connectivity index (χ2n) is 7.95. The summed E-state index contributed by atoms with van der Waals surface area (Å²) in [4.78, 5) is 24.0. The molecule has 0 aromatic rings. The highest BCUT2D eigenvalue weighted by Gasteiger charge is 2.51. The number of carbonyl (C=O) groups excluding carboxylic acids is 1. The van der Waals surface area contributed by atoms with Crippen LogP contribution < -0.4 is 5.32 Å². The molecular weight excluding hydrogens is 266 g/mol. The van der Waals surface area contributed by atoms with E-state index >= 15 is 0 Å². The van der Waals surface area contributed by atoms with Gasteiger partial charge >= 0.3 is 5.97 Å². The van der Waals surface area contributed by atoms with Crippen LogP contribution in [0.3, 0.4) is 0 Å². The second kappa shape index (κ2) is 4.99. The molecule has 0 aromatic heterocycles. The zero-order chi connectivity index (χ0) is 14.6. The van der Waals surface area contributed by atoms with E-state index in [1.807, 2.05) is 0 Å². The Hall–Kier alpha value is -1.06. The van der Waals surface area contributed by atoms with Gasteiger partial charge in [0.15, 0.2) is 0 Å². The van der Waals surface area contributed by atoms with Crippen LogP contribution >= 0.6 is 0 Å². The SMILES string of the molecule is O=C(O)C1CCCC1NC(=O)C1C2CC3CC(C2)CC1C3. The van der Waals surface area contributed by atoms with Gasteiger partial charge in [-0.25, -0.2) is 0 Å². The van der Waals surface area contributed by atoms with E-state index in [9.17, 15) is 14.7 Å². The van der Waals surface area contributed by atoms with Gasteiger partial charge in [0.25, 0.3) is 0 Å². The maximum atomic E-state index is 12.8. The van der Waals surface area contributed by atoms with Crippen molar-refractivity contribution in [2.75, 3.05) is 0 Å². The van der Waals surface area contributed by atoms with Gasteiger partial charge < -0.3 is 10.4 Å². The van der Waals surface area contributed by atoms with Gasteiger partial charge in [0.2, 0.25) is 5.91 Å². The zero-order valence-corrected chi connectivity index (χ0v) is 12.5. The Morgan fingerprint density at radius 1 is 0.905 bits per heavy atom. The molecule has 116 valence electrons. The number of carbonyl (C=O) groups is 2. The van der Waals surface area contributed by atoms with Crippen molar-refractivity contribution in [1.29, 1.82) is 0 Å². The van der Waals surface area contributed by atoms with E-state index in [2.05, 4.69) is 5.32 Å². The normalized spacial score (nSPS) is 47.5. The monoisotopic (exact) mass is 291 g/mol. The van der Waals surface area contributed by atoms with E-state index in [4.69, 9.17) is 0 Å². The lowest BCUT2D eigenvalue weighted by Crippen LogP contribution is -2.53. The number of hydrogen-bond acceptors (Lipinski definition) is 2. The average Bonchev–Trinajstić information content (AvgIpc) is 2.85. The van der Waals surface area contributed by atoms with E-state index < -0.39 is 5.97 Å². The summed E-state index contributed by atoms with van der Waals surface area (Å²) in [6, 6.07) is -0.132. The van der Waals surface area contributed by atoms with Crippen LogP contribution in [0.4, 0.5) is 0 Å². The summed E-state index contributed by atoms with van der Waals surface area (Å²) < 4.78 is 0. The molecule has 4 nitrogen and oxygen atoms in total. The van der Waals surface area contributed by atoms with Gasteiger partial charge in [-0.15, -0.1) is 0 Å². The fraction of sp³-hybridized carbons (Fsp3) is 0.882. The fourth-order valence-electron chi connectivity index (χ4n) is 6.06. The van der Waals surface area contributed by atoms with Gasteiger partial charge in [-0.05, 0) is 68.6 Å². The minimum absolute atomic E-state index is 0.132. The summed E-state index contributed by atoms with van der Waals surface area (Å²) in [5, 5.41) is 12.4. The van der Waals surface area contributed by atoms with E-state index in [1.165, 1.54) is 32.1 Å². The third-order valence-corrected chi connectivity index (χ3v) is 6.69. The molecule has 5 fully saturated rings. The molecule has 4 bridgehead atoms. The highest BCUT2D eigenvalue weighted by atomic mass is 16.4.